The van der Waals surface area contributed by atoms with Crippen LogP contribution >= 0.6 is 0 Å². The van der Waals surface area contributed by atoms with Gasteiger partial charge in [-0.15, -0.1) is 0 Å². The summed E-state index contributed by atoms with van der Waals surface area (Å²) in [6.45, 7) is 3.81. The maximum atomic E-state index is 5.88. The van der Waals surface area contributed by atoms with Gasteiger partial charge in [0.15, 0.2) is 0 Å². The molecule has 0 spiro atoms. The molecule has 0 radical (unpaired) electrons. The molecule has 0 amide bonds. The highest BCUT2D eigenvalue weighted by Crippen LogP contribution is 2.19. The van der Waals surface area contributed by atoms with Crippen molar-refractivity contribution in [1.29, 1.82) is 0 Å². The van der Waals surface area contributed by atoms with Gasteiger partial charge in [0.1, 0.15) is 11.6 Å². The van der Waals surface area contributed by atoms with E-state index in [1.807, 2.05) is 12.1 Å². The summed E-state index contributed by atoms with van der Waals surface area (Å²) < 4.78 is 8.27. The van der Waals surface area contributed by atoms with Crippen molar-refractivity contribution in [3.8, 4) is 5.75 Å². The maximum Gasteiger partial charge on any atom is 0.119 e. The summed E-state index contributed by atoms with van der Waals surface area (Å²) in [5.74, 6) is 2.13. The van der Waals surface area contributed by atoms with Crippen LogP contribution in [0, 0.1) is 6.92 Å². The molecule has 0 saturated carbocycles. The van der Waals surface area contributed by atoms with Gasteiger partial charge in [0, 0.05) is 13.0 Å². The molecule has 3 heteroatoms. The molecular formula is C26H28N2O. The molecule has 0 aliphatic heterocycles. The van der Waals surface area contributed by atoms with Gasteiger partial charge in [-0.05, 0) is 56.0 Å². The lowest BCUT2D eigenvalue weighted by Crippen LogP contribution is -2.07. The van der Waals surface area contributed by atoms with E-state index in [-0.39, 0.29) is 0 Å². The number of aryl methyl sites for hydroxylation is 4. The molecule has 4 aromatic rings. The summed E-state index contributed by atoms with van der Waals surface area (Å²) >= 11 is 0. The fraction of sp³-hybridized carbons (Fsp3) is 0.269. The Balaban J connectivity index is 1.37. The van der Waals surface area contributed by atoms with Crippen molar-refractivity contribution in [1.82, 2.24) is 9.55 Å². The molecule has 0 N–H and O–H groups in total. The molecule has 0 atom stereocenters. The predicted octanol–water partition coefficient (Wildman–Crippen LogP) is 5.99. The van der Waals surface area contributed by atoms with E-state index in [9.17, 15) is 0 Å². The molecule has 0 aliphatic carbocycles. The maximum absolute atomic E-state index is 5.88. The summed E-state index contributed by atoms with van der Waals surface area (Å²) in [4.78, 5) is 4.91. The van der Waals surface area contributed by atoms with Crippen molar-refractivity contribution < 1.29 is 4.74 Å². The molecule has 4 rings (SSSR count). The minimum atomic E-state index is 0.745. The van der Waals surface area contributed by atoms with Crippen molar-refractivity contribution in [3.63, 3.8) is 0 Å². The average Bonchev–Trinajstić information content (AvgIpc) is 3.12. The van der Waals surface area contributed by atoms with E-state index in [0.29, 0.717) is 0 Å². The fourth-order valence-electron chi connectivity index (χ4n) is 3.66. The van der Waals surface area contributed by atoms with Crippen LogP contribution in [0.1, 0.15) is 29.8 Å². The number of aromatic nitrogens is 2. The minimum absolute atomic E-state index is 0.745. The molecule has 1 aromatic heterocycles. The van der Waals surface area contributed by atoms with Gasteiger partial charge in [-0.3, -0.25) is 0 Å². The number of imidazole rings is 1. The predicted molar refractivity (Wildman–Crippen MR) is 119 cm³/mol. The zero-order valence-electron chi connectivity index (χ0n) is 17.1. The van der Waals surface area contributed by atoms with Crippen LogP contribution in [0.5, 0.6) is 5.75 Å². The van der Waals surface area contributed by atoms with Crippen molar-refractivity contribution in [2.75, 3.05) is 6.61 Å². The number of para-hydroxylation sites is 2. The SMILES string of the molecule is Cc1ccc(OCCCCn2c(CCc3ccccc3)nc3ccccc32)cc1. The lowest BCUT2D eigenvalue weighted by molar-refractivity contribution is 0.303. The molecule has 0 aliphatic rings. The lowest BCUT2D eigenvalue weighted by atomic mass is 10.1. The van der Waals surface area contributed by atoms with E-state index >= 15 is 0 Å². The number of hydrogen-bond acceptors (Lipinski definition) is 2. The molecule has 0 fully saturated rings. The second-order valence-electron chi connectivity index (χ2n) is 7.52. The first-order valence-electron chi connectivity index (χ1n) is 10.5. The zero-order valence-corrected chi connectivity index (χ0v) is 17.1. The first-order chi connectivity index (χ1) is 14.3. The van der Waals surface area contributed by atoms with Crippen LogP contribution in [0.3, 0.4) is 0 Å². The first kappa shape index (κ1) is 19.3. The van der Waals surface area contributed by atoms with Crippen LogP contribution in [0.15, 0.2) is 78.9 Å². The Morgan fingerprint density at radius 1 is 0.793 bits per heavy atom. The van der Waals surface area contributed by atoms with E-state index in [1.165, 1.54) is 22.5 Å². The monoisotopic (exact) mass is 384 g/mol. The van der Waals surface area contributed by atoms with Gasteiger partial charge in [0.25, 0.3) is 0 Å². The molecular weight excluding hydrogens is 356 g/mol. The minimum Gasteiger partial charge on any atom is -0.494 e. The number of hydrogen-bond donors (Lipinski definition) is 0. The van der Waals surface area contributed by atoms with Crippen LogP contribution in [0.2, 0.25) is 0 Å². The Morgan fingerprint density at radius 2 is 1.55 bits per heavy atom. The van der Waals surface area contributed by atoms with Gasteiger partial charge < -0.3 is 9.30 Å². The van der Waals surface area contributed by atoms with E-state index in [1.54, 1.807) is 0 Å². The number of rotatable bonds is 9. The van der Waals surface area contributed by atoms with Crippen molar-refractivity contribution in [3.05, 3.63) is 95.8 Å². The Hall–Kier alpha value is -3.07. The van der Waals surface area contributed by atoms with E-state index < -0.39 is 0 Å². The molecule has 0 bridgehead atoms. The highest BCUT2D eigenvalue weighted by Gasteiger charge is 2.10. The molecule has 148 valence electrons. The van der Waals surface area contributed by atoms with Crippen molar-refractivity contribution in [2.45, 2.75) is 39.2 Å². The van der Waals surface area contributed by atoms with Crippen LogP contribution in [-0.4, -0.2) is 16.2 Å². The Kier molecular flexibility index (Phi) is 6.25. The summed E-state index contributed by atoms with van der Waals surface area (Å²) in [6.07, 6.45) is 4.07. The number of fused-ring (bicyclic) bond motifs is 1. The zero-order chi connectivity index (χ0) is 19.9. The Labute approximate surface area is 173 Å². The van der Waals surface area contributed by atoms with E-state index in [0.717, 1.165) is 50.1 Å². The van der Waals surface area contributed by atoms with Crippen molar-refractivity contribution in [2.24, 2.45) is 0 Å². The van der Waals surface area contributed by atoms with Gasteiger partial charge in [-0.25, -0.2) is 4.98 Å². The molecule has 0 unspecified atom stereocenters. The van der Waals surface area contributed by atoms with Gasteiger partial charge in [-0.1, -0.05) is 60.2 Å². The number of benzene rings is 3. The normalized spacial score (nSPS) is 11.1. The molecule has 3 nitrogen and oxygen atoms in total. The average molecular weight is 385 g/mol. The third-order valence-electron chi connectivity index (χ3n) is 5.28. The summed E-state index contributed by atoms with van der Waals surface area (Å²) in [5, 5.41) is 0. The summed E-state index contributed by atoms with van der Waals surface area (Å²) in [6, 6.07) is 27.4. The highest BCUT2D eigenvalue weighted by molar-refractivity contribution is 5.75. The van der Waals surface area contributed by atoms with Gasteiger partial charge in [0.2, 0.25) is 0 Å². The van der Waals surface area contributed by atoms with Gasteiger partial charge in [-0.2, -0.15) is 0 Å². The third-order valence-corrected chi connectivity index (χ3v) is 5.28. The summed E-state index contributed by atoms with van der Waals surface area (Å²) in [5.41, 5.74) is 4.94. The molecule has 1 heterocycles. The van der Waals surface area contributed by atoms with Gasteiger partial charge in [0.05, 0.1) is 17.6 Å². The standard InChI is InChI=1S/C26H28N2O/c1-21-13-16-23(17-14-21)29-20-8-7-19-28-25-12-6-5-11-24(25)27-26(28)18-15-22-9-3-2-4-10-22/h2-6,9-14,16-17H,7-8,15,18-20H2,1H3. The number of nitrogens with zero attached hydrogens (tertiary/aromatic N) is 2. The van der Waals surface area contributed by atoms with Crippen molar-refractivity contribution >= 4 is 11.0 Å². The summed E-state index contributed by atoms with van der Waals surface area (Å²) in [7, 11) is 0. The van der Waals surface area contributed by atoms with Crippen LogP contribution in [0.4, 0.5) is 0 Å². The molecule has 3 aromatic carbocycles. The Bertz CT molecular complexity index is 1040. The van der Waals surface area contributed by atoms with Crippen LogP contribution in [-0.2, 0) is 19.4 Å². The molecule has 0 saturated heterocycles. The van der Waals surface area contributed by atoms with Gasteiger partial charge >= 0.3 is 0 Å². The van der Waals surface area contributed by atoms with E-state index in [2.05, 4.69) is 78.2 Å². The quantitative estimate of drug-likeness (QED) is 0.331. The lowest BCUT2D eigenvalue weighted by Gasteiger charge is -2.10. The topological polar surface area (TPSA) is 27.1 Å². The largest absolute Gasteiger partial charge is 0.494 e. The van der Waals surface area contributed by atoms with E-state index in [4.69, 9.17) is 9.72 Å². The third kappa shape index (κ3) is 5.05. The first-order valence-corrected chi connectivity index (χ1v) is 10.5. The van der Waals surface area contributed by atoms with Crippen LogP contribution in [0.25, 0.3) is 11.0 Å². The fourth-order valence-corrected chi connectivity index (χ4v) is 3.66. The molecule has 29 heavy (non-hydrogen) atoms. The second-order valence-corrected chi connectivity index (χ2v) is 7.52. The number of ether oxygens (including phenoxy) is 1. The number of unbranched alkanes of at least 4 members (excludes halogenated alkanes) is 1. The smallest absolute Gasteiger partial charge is 0.119 e. The highest BCUT2D eigenvalue weighted by atomic mass is 16.5. The Morgan fingerprint density at radius 3 is 2.38 bits per heavy atom. The van der Waals surface area contributed by atoms with Crippen LogP contribution < -0.4 is 4.74 Å². The second kappa shape index (κ2) is 9.42.